The summed E-state index contributed by atoms with van der Waals surface area (Å²) in [5.41, 5.74) is 5.21. The Morgan fingerprint density at radius 2 is 1.71 bits per heavy atom. The molecule has 1 N–H and O–H groups in total. The first-order valence-corrected chi connectivity index (χ1v) is 10.4. The summed E-state index contributed by atoms with van der Waals surface area (Å²) in [6, 6.07) is 25.1. The summed E-state index contributed by atoms with van der Waals surface area (Å²) in [6.45, 7) is 0.462. The van der Waals surface area contributed by atoms with Gasteiger partial charge in [0.1, 0.15) is 11.4 Å². The number of aromatic amines is 1. The number of hydrogen-bond donors (Lipinski definition) is 1. The van der Waals surface area contributed by atoms with Crippen molar-refractivity contribution in [2.75, 3.05) is 7.11 Å². The van der Waals surface area contributed by atoms with Crippen LogP contribution in [0.25, 0.3) is 11.3 Å². The molecule has 5 rings (SSSR count). The number of methoxy groups -OCH3 is 1. The van der Waals surface area contributed by atoms with Crippen LogP contribution in [0.4, 0.5) is 0 Å². The fraction of sp³-hybridized carbons (Fsp3) is 0.120. The van der Waals surface area contributed by atoms with Gasteiger partial charge >= 0.3 is 0 Å². The lowest BCUT2D eigenvalue weighted by atomic mass is 9.96. The molecule has 2 heterocycles. The van der Waals surface area contributed by atoms with Crippen molar-refractivity contribution in [2.24, 2.45) is 0 Å². The van der Waals surface area contributed by atoms with E-state index in [2.05, 4.69) is 10.2 Å². The van der Waals surface area contributed by atoms with Gasteiger partial charge in [-0.25, -0.2) is 0 Å². The standard InChI is InChI=1S/C25H20ClN3O2/c1-31-20-13-9-18(10-14-20)24-21-22(17-5-3-2-4-6-17)27-28-23(21)25(30)29(24)15-16-7-11-19(26)12-8-16/h2-14,24H,15H2,1H3,(H,27,28). The Kier molecular flexibility index (Phi) is 4.96. The molecule has 1 aromatic heterocycles. The molecule has 6 heteroatoms. The molecular weight excluding hydrogens is 410 g/mol. The van der Waals surface area contributed by atoms with Gasteiger partial charge in [-0.05, 0) is 35.4 Å². The van der Waals surface area contributed by atoms with Crippen LogP contribution >= 0.6 is 11.6 Å². The van der Waals surface area contributed by atoms with Crippen molar-refractivity contribution < 1.29 is 9.53 Å². The summed E-state index contributed by atoms with van der Waals surface area (Å²) in [4.78, 5) is 15.3. The highest BCUT2D eigenvalue weighted by Gasteiger charge is 2.42. The first-order chi connectivity index (χ1) is 15.2. The molecule has 4 aromatic rings. The van der Waals surface area contributed by atoms with Gasteiger partial charge in [-0.15, -0.1) is 0 Å². The highest BCUT2D eigenvalue weighted by Crippen LogP contribution is 2.43. The van der Waals surface area contributed by atoms with Crippen LogP contribution in [0.15, 0.2) is 78.9 Å². The number of benzene rings is 3. The molecule has 1 amide bonds. The summed E-state index contributed by atoms with van der Waals surface area (Å²) in [7, 11) is 1.64. The first kappa shape index (κ1) is 19.4. The van der Waals surface area contributed by atoms with E-state index in [-0.39, 0.29) is 11.9 Å². The van der Waals surface area contributed by atoms with Crippen molar-refractivity contribution >= 4 is 17.5 Å². The number of carbonyl (C=O) groups is 1. The molecule has 0 spiro atoms. The average molecular weight is 430 g/mol. The van der Waals surface area contributed by atoms with E-state index < -0.39 is 0 Å². The molecule has 1 unspecified atom stereocenters. The number of carbonyl (C=O) groups excluding carboxylic acids is 1. The summed E-state index contributed by atoms with van der Waals surface area (Å²) in [5.74, 6) is 0.702. The Morgan fingerprint density at radius 1 is 1.00 bits per heavy atom. The van der Waals surface area contributed by atoms with Crippen LogP contribution in [0.2, 0.25) is 5.02 Å². The second-order valence-electron chi connectivity index (χ2n) is 7.46. The third kappa shape index (κ3) is 3.47. The average Bonchev–Trinajstić information content (AvgIpc) is 3.35. The van der Waals surface area contributed by atoms with Gasteiger partial charge in [0.25, 0.3) is 5.91 Å². The Bertz CT molecular complexity index is 1220. The molecule has 0 radical (unpaired) electrons. The van der Waals surface area contributed by atoms with E-state index in [0.717, 1.165) is 33.7 Å². The lowest BCUT2D eigenvalue weighted by Crippen LogP contribution is -2.29. The number of nitrogens with one attached hydrogen (secondary N) is 1. The number of rotatable bonds is 5. The van der Waals surface area contributed by atoms with Crippen LogP contribution in [0.3, 0.4) is 0 Å². The molecule has 0 saturated carbocycles. The van der Waals surface area contributed by atoms with Crippen LogP contribution in [0.5, 0.6) is 5.75 Å². The number of nitrogens with zero attached hydrogens (tertiary/aromatic N) is 2. The monoisotopic (exact) mass is 429 g/mol. The molecule has 0 aliphatic carbocycles. The van der Waals surface area contributed by atoms with E-state index in [1.807, 2.05) is 83.8 Å². The topological polar surface area (TPSA) is 58.2 Å². The molecule has 0 fully saturated rings. The van der Waals surface area contributed by atoms with E-state index in [0.29, 0.717) is 17.3 Å². The van der Waals surface area contributed by atoms with Crippen LogP contribution in [-0.4, -0.2) is 28.1 Å². The maximum absolute atomic E-state index is 13.4. The minimum Gasteiger partial charge on any atom is -0.497 e. The van der Waals surface area contributed by atoms with E-state index in [1.165, 1.54) is 0 Å². The molecule has 0 saturated heterocycles. The van der Waals surface area contributed by atoms with E-state index in [4.69, 9.17) is 16.3 Å². The van der Waals surface area contributed by atoms with E-state index in [1.54, 1.807) is 7.11 Å². The normalized spacial score (nSPS) is 15.2. The highest BCUT2D eigenvalue weighted by atomic mass is 35.5. The zero-order valence-corrected chi connectivity index (χ0v) is 17.6. The predicted octanol–water partition coefficient (Wildman–Crippen LogP) is 5.48. The number of hydrogen-bond acceptors (Lipinski definition) is 3. The minimum atomic E-state index is -0.266. The number of fused-ring (bicyclic) bond motifs is 1. The molecule has 1 aliphatic rings. The fourth-order valence-corrected chi connectivity index (χ4v) is 4.22. The van der Waals surface area contributed by atoms with Gasteiger partial charge in [0.05, 0.1) is 18.8 Å². The van der Waals surface area contributed by atoms with Gasteiger partial charge in [0.15, 0.2) is 0 Å². The number of halogens is 1. The zero-order chi connectivity index (χ0) is 21.4. The molecule has 5 nitrogen and oxygen atoms in total. The molecule has 154 valence electrons. The van der Waals surface area contributed by atoms with Crippen molar-refractivity contribution in [1.29, 1.82) is 0 Å². The number of ether oxygens (including phenoxy) is 1. The molecule has 3 aromatic carbocycles. The second kappa shape index (κ2) is 7.93. The van der Waals surface area contributed by atoms with Crippen molar-refractivity contribution in [3.05, 3.63) is 106 Å². The van der Waals surface area contributed by atoms with Crippen LogP contribution in [-0.2, 0) is 6.54 Å². The Hall–Kier alpha value is -3.57. The third-order valence-corrected chi connectivity index (χ3v) is 5.86. The number of aromatic nitrogens is 2. The molecule has 31 heavy (non-hydrogen) atoms. The summed E-state index contributed by atoms with van der Waals surface area (Å²) >= 11 is 6.05. The maximum atomic E-state index is 13.4. The maximum Gasteiger partial charge on any atom is 0.273 e. The Balaban J connectivity index is 1.62. The quantitative estimate of drug-likeness (QED) is 0.456. The highest BCUT2D eigenvalue weighted by molar-refractivity contribution is 6.30. The fourth-order valence-electron chi connectivity index (χ4n) is 4.10. The lowest BCUT2D eigenvalue weighted by molar-refractivity contribution is 0.0730. The predicted molar refractivity (Wildman–Crippen MR) is 120 cm³/mol. The van der Waals surface area contributed by atoms with Crippen molar-refractivity contribution in [2.45, 2.75) is 12.6 Å². The van der Waals surface area contributed by atoms with Gasteiger partial charge in [0.2, 0.25) is 0 Å². The van der Waals surface area contributed by atoms with Gasteiger partial charge < -0.3 is 9.64 Å². The van der Waals surface area contributed by atoms with Crippen LogP contribution in [0, 0.1) is 0 Å². The smallest absolute Gasteiger partial charge is 0.273 e. The van der Waals surface area contributed by atoms with Gasteiger partial charge in [-0.2, -0.15) is 5.10 Å². The molecular formula is C25H20ClN3O2. The Labute approximate surface area is 185 Å². The SMILES string of the molecule is COc1ccc(C2c3c(-c4ccccc4)n[nH]c3C(=O)N2Cc2ccc(Cl)cc2)cc1. The molecule has 1 aliphatic heterocycles. The summed E-state index contributed by atoms with van der Waals surface area (Å²) in [5, 5.41) is 8.17. The molecule has 1 atom stereocenters. The van der Waals surface area contributed by atoms with E-state index >= 15 is 0 Å². The third-order valence-electron chi connectivity index (χ3n) is 5.61. The van der Waals surface area contributed by atoms with Crippen molar-refractivity contribution in [3.8, 4) is 17.0 Å². The second-order valence-corrected chi connectivity index (χ2v) is 7.90. The largest absolute Gasteiger partial charge is 0.497 e. The first-order valence-electron chi connectivity index (χ1n) is 9.99. The van der Waals surface area contributed by atoms with Crippen molar-refractivity contribution in [1.82, 2.24) is 15.1 Å². The minimum absolute atomic E-state index is 0.0690. The van der Waals surface area contributed by atoms with Gasteiger partial charge in [0, 0.05) is 22.7 Å². The van der Waals surface area contributed by atoms with Crippen LogP contribution < -0.4 is 4.74 Å². The number of H-pyrrole nitrogens is 1. The summed E-state index contributed by atoms with van der Waals surface area (Å²) < 4.78 is 5.32. The van der Waals surface area contributed by atoms with Gasteiger partial charge in [-0.1, -0.05) is 66.2 Å². The zero-order valence-electron chi connectivity index (χ0n) is 16.9. The van der Waals surface area contributed by atoms with E-state index in [9.17, 15) is 4.79 Å². The number of amides is 1. The van der Waals surface area contributed by atoms with Crippen LogP contribution in [0.1, 0.15) is 33.2 Å². The summed E-state index contributed by atoms with van der Waals surface area (Å²) in [6.07, 6.45) is 0. The van der Waals surface area contributed by atoms with Gasteiger partial charge in [-0.3, -0.25) is 9.89 Å². The molecule has 0 bridgehead atoms. The van der Waals surface area contributed by atoms with Crippen molar-refractivity contribution in [3.63, 3.8) is 0 Å². The Morgan fingerprint density at radius 3 is 2.39 bits per heavy atom. The lowest BCUT2D eigenvalue weighted by Gasteiger charge is -2.26.